The molecule has 0 spiro atoms. The van der Waals surface area contributed by atoms with Gasteiger partial charge in [-0.25, -0.2) is 0 Å². The topological polar surface area (TPSA) is 46.3 Å². The summed E-state index contributed by atoms with van der Waals surface area (Å²) in [6, 6.07) is 0. The standard InChI is InChI=1S/C11H24N2O/c1-5-10(7-12)6-11(14)13(4)8-9(2)3/h9-10H,5-8,12H2,1-4H3. The molecule has 0 saturated carbocycles. The summed E-state index contributed by atoms with van der Waals surface area (Å²) in [6.45, 7) is 7.75. The molecule has 14 heavy (non-hydrogen) atoms. The zero-order valence-corrected chi connectivity index (χ0v) is 9.92. The first-order chi connectivity index (χ1) is 6.51. The Balaban J connectivity index is 3.93. The van der Waals surface area contributed by atoms with Gasteiger partial charge in [-0.15, -0.1) is 0 Å². The van der Waals surface area contributed by atoms with Gasteiger partial charge in [-0.05, 0) is 18.4 Å². The van der Waals surface area contributed by atoms with Crippen LogP contribution in [0.2, 0.25) is 0 Å². The summed E-state index contributed by atoms with van der Waals surface area (Å²) < 4.78 is 0. The maximum atomic E-state index is 11.7. The van der Waals surface area contributed by atoms with E-state index in [9.17, 15) is 4.79 Å². The van der Waals surface area contributed by atoms with Gasteiger partial charge in [0.1, 0.15) is 0 Å². The van der Waals surface area contributed by atoms with E-state index in [2.05, 4.69) is 20.8 Å². The lowest BCUT2D eigenvalue weighted by Gasteiger charge is -2.21. The monoisotopic (exact) mass is 200 g/mol. The maximum Gasteiger partial charge on any atom is 0.222 e. The molecule has 0 fully saturated rings. The highest BCUT2D eigenvalue weighted by molar-refractivity contribution is 5.76. The molecule has 0 aromatic rings. The van der Waals surface area contributed by atoms with Crippen molar-refractivity contribution in [1.82, 2.24) is 4.90 Å². The molecule has 0 aliphatic rings. The van der Waals surface area contributed by atoms with E-state index in [0.29, 0.717) is 24.8 Å². The van der Waals surface area contributed by atoms with Crippen LogP contribution in [0.5, 0.6) is 0 Å². The Bertz CT molecular complexity index is 165. The Hall–Kier alpha value is -0.570. The molecular weight excluding hydrogens is 176 g/mol. The smallest absolute Gasteiger partial charge is 0.222 e. The maximum absolute atomic E-state index is 11.7. The summed E-state index contributed by atoms with van der Waals surface area (Å²) in [5, 5.41) is 0. The van der Waals surface area contributed by atoms with Crippen LogP contribution in [-0.2, 0) is 4.79 Å². The first-order valence-electron chi connectivity index (χ1n) is 5.45. The number of hydrogen-bond acceptors (Lipinski definition) is 2. The highest BCUT2D eigenvalue weighted by atomic mass is 16.2. The number of rotatable bonds is 6. The van der Waals surface area contributed by atoms with Crippen molar-refractivity contribution in [3.8, 4) is 0 Å². The van der Waals surface area contributed by atoms with Crippen molar-refractivity contribution in [2.45, 2.75) is 33.6 Å². The van der Waals surface area contributed by atoms with Crippen molar-refractivity contribution in [1.29, 1.82) is 0 Å². The minimum atomic E-state index is 0.219. The summed E-state index contributed by atoms with van der Waals surface area (Å²) >= 11 is 0. The molecule has 1 unspecified atom stereocenters. The molecule has 3 nitrogen and oxygen atoms in total. The fourth-order valence-electron chi connectivity index (χ4n) is 1.45. The Labute approximate surface area is 87.6 Å². The van der Waals surface area contributed by atoms with E-state index in [1.54, 1.807) is 0 Å². The third kappa shape index (κ3) is 5.22. The average Bonchev–Trinajstić information content (AvgIpc) is 2.12. The van der Waals surface area contributed by atoms with E-state index in [-0.39, 0.29) is 5.91 Å². The predicted octanol–water partition coefficient (Wildman–Crippen LogP) is 1.48. The number of carbonyl (C=O) groups excluding carboxylic acids is 1. The fraction of sp³-hybridized carbons (Fsp3) is 0.909. The van der Waals surface area contributed by atoms with Crippen molar-refractivity contribution in [2.24, 2.45) is 17.6 Å². The van der Waals surface area contributed by atoms with Gasteiger partial charge in [0.05, 0.1) is 0 Å². The van der Waals surface area contributed by atoms with Crippen molar-refractivity contribution in [3.63, 3.8) is 0 Å². The summed E-state index contributed by atoms with van der Waals surface area (Å²) in [7, 11) is 1.87. The van der Waals surface area contributed by atoms with Gasteiger partial charge < -0.3 is 10.6 Å². The van der Waals surface area contributed by atoms with Crippen LogP contribution >= 0.6 is 0 Å². The molecule has 0 bridgehead atoms. The number of nitrogens with two attached hydrogens (primary N) is 1. The number of amides is 1. The van der Waals surface area contributed by atoms with Crippen molar-refractivity contribution in [2.75, 3.05) is 20.1 Å². The number of nitrogens with zero attached hydrogens (tertiary/aromatic N) is 1. The summed E-state index contributed by atoms with van der Waals surface area (Å²) in [6.07, 6.45) is 1.58. The molecule has 0 radical (unpaired) electrons. The molecule has 0 saturated heterocycles. The van der Waals surface area contributed by atoms with E-state index in [4.69, 9.17) is 5.73 Å². The summed E-state index contributed by atoms with van der Waals surface area (Å²) in [5.41, 5.74) is 5.56. The van der Waals surface area contributed by atoms with E-state index in [0.717, 1.165) is 13.0 Å². The molecular formula is C11H24N2O. The second kappa shape index (κ2) is 6.82. The Morgan fingerprint density at radius 2 is 2.00 bits per heavy atom. The van der Waals surface area contributed by atoms with Gasteiger partial charge in [0.2, 0.25) is 5.91 Å². The van der Waals surface area contributed by atoms with Crippen LogP contribution in [-0.4, -0.2) is 30.9 Å². The zero-order valence-electron chi connectivity index (χ0n) is 9.92. The lowest BCUT2D eigenvalue weighted by atomic mass is 10.0. The lowest BCUT2D eigenvalue weighted by molar-refractivity contribution is -0.131. The van der Waals surface area contributed by atoms with Gasteiger partial charge in [-0.3, -0.25) is 4.79 Å². The third-order valence-electron chi connectivity index (χ3n) is 2.44. The van der Waals surface area contributed by atoms with Crippen molar-refractivity contribution >= 4 is 5.91 Å². The van der Waals surface area contributed by atoms with Gasteiger partial charge in [0.25, 0.3) is 0 Å². The number of carbonyl (C=O) groups is 1. The largest absolute Gasteiger partial charge is 0.345 e. The molecule has 1 atom stereocenters. The second-order valence-corrected chi connectivity index (χ2v) is 4.38. The van der Waals surface area contributed by atoms with Crippen LogP contribution in [0.15, 0.2) is 0 Å². The Morgan fingerprint density at radius 1 is 1.43 bits per heavy atom. The fourth-order valence-corrected chi connectivity index (χ4v) is 1.45. The second-order valence-electron chi connectivity index (χ2n) is 4.38. The van der Waals surface area contributed by atoms with E-state index < -0.39 is 0 Å². The Morgan fingerprint density at radius 3 is 2.36 bits per heavy atom. The zero-order chi connectivity index (χ0) is 11.1. The van der Waals surface area contributed by atoms with Crippen LogP contribution in [0.4, 0.5) is 0 Å². The molecule has 0 aromatic carbocycles. The molecule has 0 heterocycles. The highest BCUT2D eigenvalue weighted by Crippen LogP contribution is 2.08. The minimum Gasteiger partial charge on any atom is -0.345 e. The molecule has 2 N–H and O–H groups in total. The van der Waals surface area contributed by atoms with Crippen molar-refractivity contribution in [3.05, 3.63) is 0 Å². The SMILES string of the molecule is CCC(CN)CC(=O)N(C)CC(C)C. The van der Waals surface area contributed by atoms with Crippen molar-refractivity contribution < 1.29 is 4.79 Å². The lowest BCUT2D eigenvalue weighted by Crippen LogP contribution is -2.32. The third-order valence-corrected chi connectivity index (χ3v) is 2.44. The average molecular weight is 200 g/mol. The van der Waals surface area contributed by atoms with Crippen LogP contribution in [0.25, 0.3) is 0 Å². The molecule has 0 aromatic heterocycles. The van der Waals surface area contributed by atoms with E-state index in [1.807, 2.05) is 11.9 Å². The Kier molecular flexibility index (Phi) is 6.54. The highest BCUT2D eigenvalue weighted by Gasteiger charge is 2.14. The quantitative estimate of drug-likeness (QED) is 0.706. The molecule has 84 valence electrons. The van der Waals surface area contributed by atoms with Gasteiger partial charge in [-0.2, -0.15) is 0 Å². The molecule has 0 rings (SSSR count). The van der Waals surface area contributed by atoms with Gasteiger partial charge >= 0.3 is 0 Å². The summed E-state index contributed by atoms with van der Waals surface area (Å²) in [4.78, 5) is 13.5. The van der Waals surface area contributed by atoms with Gasteiger partial charge in [0, 0.05) is 20.0 Å². The van der Waals surface area contributed by atoms with Gasteiger partial charge in [-0.1, -0.05) is 27.2 Å². The molecule has 3 heteroatoms. The first-order valence-corrected chi connectivity index (χ1v) is 5.45. The predicted molar refractivity (Wildman–Crippen MR) is 59.9 cm³/mol. The van der Waals surface area contributed by atoms with Crippen LogP contribution in [0, 0.1) is 11.8 Å². The van der Waals surface area contributed by atoms with Gasteiger partial charge in [0.15, 0.2) is 0 Å². The van der Waals surface area contributed by atoms with Crippen LogP contribution in [0.1, 0.15) is 33.6 Å². The van der Waals surface area contributed by atoms with E-state index in [1.165, 1.54) is 0 Å². The molecule has 0 aliphatic carbocycles. The molecule has 1 amide bonds. The molecule has 0 aliphatic heterocycles. The first kappa shape index (κ1) is 13.4. The van der Waals surface area contributed by atoms with E-state index >= 15 is 0 Å². The normalized spacial score (nSPS) is 13.0. The summed E-state index contributed by atoms with van der Waals surface area (Å²) in [5.74, 6) is 1.09. The van der Waals surface area contributed by atoms with Crippen LogP contribution in [0.3, 0.4) is 0 Å². The minimum absolute atomic E-state index is 0.219. The number of hydrogen-bond donors (Lipinski definition) is 1. The van der Waals surface area contributed by atoms with Crippen LogP contribution < -0.4 is 5.73 Å².